The fourth-order valence-corrected chi connectivity index (χ4v) is 4.87. The Morgan fingerprint density at radius 1 is 0.885 bits per heavy atom. The lowest BCUT2D eigenvalue weighted by molar-refractivity contribution is -0.125. The van der Waals surface area contributed by atoms with Crippen LogP contribution in [0.15, 0.2) is 54.6 Å². The normalized spacial score (nSPS) is 31.2. The van der Waals surface area contributed by atoms with Gasteiger partial charge in [0.25, 0.3) is 0 Å². The van der Waals surface area contributed by atoms with Crippen molar-refractivity contribution in [1.29, 1.82) is 0 Å². The first-order chi connectivity index (χ1) is 12.5. The summed E-state index contributed by atoms with van der Waals surface area (Å²) in [5, 5.41) is 9.49. The van der Waals surface area contributed by atoms with Crippen molar-refractivity contribution < 1.29 is 14.7 Å². The van der Waals surface area contributed by atoms with Crippen LogP contribution >= 0.6 is 0 Å². The van der Waals surface area contributed by atoms with Crippen molar-refractivity contribution in [3.8, 4) is 5.75 Å². The molecule has 2 aromatic rings. The fourth-order valence-electron chi connectivity index (χ4n) is 4.87. The third-order valence-electron chi connectivity index (χ3n) is 6.17. The summed E-state index contributed by atoms with van der Waals surface area (Å²) in [6.07, 6.45) is 0.911. The zero-order valence-corrected chi connectivity index (χ0v) is 15.0. The lowest BCUT2D eigenvalue weighted by Gasteiger charge is -2.39. The number of imide groups is 1. The maximum atomic E-state index is 13.2. The van der Waals surface area contributed by atoms with Crippen LogP contribution in [-0.4, -0.2) is 16.9 Å². The number of anilines is 1. The molecule has 26 heavy (non-hydrogen) atoms. The van der Waals surface area contributed by atoms with Gasteiger partial charge in [0.2, 0.25) is 11.8 Å². The van der Waals surface area contributed by atoms with E-state index in [1.165, 1.54) is 22.6 Å². The van der Waals surface area contributed by atoms with Crippen molar-refractivity contribution in [3.63, 3.8) is 0 Å². The third kappa shape index (κ3) is 2.52. The van der Waals surface area contributed by atoms with Crippen LogP contribution in [0.5, 0.6) is 5.75 Å². The maximum Gasteiger partial charge on any atom is 0.237 e. The molecule has 0 aromatic heterocycles. The molecule has 0 spiro atoms. The minimum Gasteiger partial charge on any atom is -0.508 e. The number of phenolic OH excluding ortho intramolecular Hbond substituents is 1. The predicted molar refractivity (Wildman–Crippen MR) is 99.7 cm³/mol. The molecule has 1 saturated carbocycles. The number of aromatic hydroxyl groups is 1. The van der Waals surface area contributed by atoms with Gasteiger partial charge in [-0.25, -0.2) is 0 Å². The van der Waals surface area contributed by atoms with Crippen LogP contribution in [0.4, 0.5) is 5.69 Å². The molecule has 1 aliphatic heterocycles. The van der Waals surface area contributed by atoms with Crippen molar-refractivity contribution in [2.45, 2.75) is 26.2 Å². The summed E-state index contributed by atoms with van der Waals surface area (Å²) in [4.78, 5) is 27.6. The first kappa shape index (κ1) is 16.8. The van der Waals surface area contributed by atoms with Crippen LogP contribution in [0.1, 0.15) is 31.7 Å². The number of benzene rings is 2. The molecule has 4 rings (SSSR count). The van der Waals surface area contributed by atoms with Gasteiger partial charge in [-0.05, 0) is 54.0 Å². The summed E-state index contributed by atoms with van der Waals surface area (Å²) in [6.45, 7) is 4.19. The Morgan fingerprint density at radius 3 is 2.15 bits per heavy atom. The Kier molecular flexibility index (Phi) is 4.06. The molecule has 2 fully saturated rings. The van der Waals surface area contributed by atoms with E-state index < -0.39 is 0 Å². The Balaban J connectivity index is 1.70. The lowest BCUT2D eigenvalue weighted by Crippen LogP contribution is -2.38. The minimum atomic E-state index is -0.287. The van der Waals surface area contributed by atoms with E-state index in [-0.39, 0.29) is 47.2 Å². The van der Waals surface area contributed by atoms with Crippen molar-refractivity contribution in [2.75, 3.05) is 4.90 Å². The number of carbonyl (C=O) groups excluding carboxylic acids is 2. The monoisotopic (exact) mass is 349 g/mol. The molecule has 5 atom stereocenters. The molecular weight excluding hydrogens is 326 g/mol. The van der Waals surface area contributed by atoms with Crippen molar-refractivity contribution in [1.82, 2.24) is 0 Å². The summed E-state index contributed by atoms with van der Waals surface area (Å²) in [6, 6.07) is 16.6. The Bertz CT molecular complexity index is 830. The number of phenols is 1. The molecule has 0 radical (unpaired) electrons. The number of hydrogen-bond donors (Lipinski definition) is 1. The van der Waals surface area contributed by atoms with Crippen LogP contribution in [0.25, 0.3) is 0 Å². The highest BCUT2D eigenvalue weighted by atomic mass is 16.3. The van der Waals surface area contributed by atoms with Crippen molar-refractivity contribution >= 4 is 17.5 Å². The molecule has 1 heterocycles. The second-order valence-corrected chi connectivity index (χ2v) is 7.67. The molecule has 4 heteroatoms. The van der Waals surface area contributed by atoms with Crippen LogP contribution in [0.3, 0.4) is 0 Å². The van der Waals surface area contributed by atoms with Crippen molar-refractivity contribution in [2.24, 2.45) is 23.7 Å². The first-order valence-corrected chi connectivity index (χ1v) is 9.21. The number of fused-ring (bicyclic) bond motifs is 1. The molecule has 3 unspecified atom stereocenters. The average molecular weight is 349 g/mol. The summed E-state index contributed by atoms with van der Waals surface area (Å²) in [5.74, 6) is -0.0870. The highest BCUT2D eigenvalue weighted by Crippen LogP contribution is 2.51. The summed E-state index contributed by atoms with van der Waals surface area (Å²) in [5.41, 5.74) is 1.79. The van der Waals surface area contributed by atoms with E-state index in [9.17, 15) is 14.7 Å². The molecule has 1 saturated heterocycles. The third-order valence-corrected chi connectivity index (χ3v) is 6.17. The molecule has 0 bridgehead atoms. The SMILES string of the molecule is CC1C(c2ccccc2)CC(C)[C@@H]2C(=O)N(c3ccc(O)cc3)C(=O)[C@H]12. The van der Waals surface area contributed by atoms with Gasteiger partial charge in [0, 0.05) is 0 Å². The van der Waals surface area contributed by atoms with Gasteiger partial charge in [-0.15, -0.1) is 0 Å². The second kappa shape index (κ2) is 6.27. The van der Waals surface area contributed by atoms with E-state index in [0.717, 1.165) is 6.42 Å². The molecular formula is C22H23NO3. The lowest BCUT2D eigenvalue weighted by atomic mass is 9.62. The maximum absolute atomic E-state index is 13.2. The van der Waals surface area contributed by atoms with Gasteiger partial charge in [-0.3, -0.25) is 14.5 Å². The van der Waals surface area contributed by atoms with Gasteiger partial charge in [-0.1, -0.05) is 44.2 Å². The topological polar surface area (TPSA) is 57.6 Å². The highest BCUT2D eigenvalue weighted by Gasteiger charge is 2.56. The summed E-state index contributed by atoms with van der Waals surface area (Å²) in [7, 11) is 0. The van der Waals surface area contributed by atoms with E-state index in [1.807, 2.05) is 18.2 Å². The predicted octanol–water partition coefficient (Wildman–Crippen LogP) is 3.96. The molecule has 134 valence electrons. The smallest absolute Gasteiger partial charge is 0.237 e. The quantitative estimate of drug-likeness (QED) is 0.835. The zero-order chi connectivity index (χ0) is 18.4. The zero-order valence-electron chi connectivity index (χ0n) is 15.0. The summed E-state index contributed by atoms with van der Waals surface area (Å²) < 4.78 is 0. The standard InChI is InChI=1S/C22H23NO3/c1-13-12-18(15-6-4-3-5-7-15)14(2)20-19(13)21(25)23(22(20)26)16-8-10-17(24)11-9-16/h3-11,13-14,18-20,24H,12H2,1-2H3/t13?,14?,18?,19-,20+/m0/s1. The number of carbonyl (C=O) groups is 2. The number of rotatable bonds is 2. The second-order valence-electron chi connectivity index (χ2n) is 7.67. The van der Waals surface area contributed by atoms with E-state index in [4.69, 9.17) is 0 Å². The van der Waals surface area contributed by atoms with E-state index >= 15 is 0 Å². The first-order valence-electron chi connectivity index (χ1n) is 9.21. The van der Waals surface area contributed by atoms with Gasteiger partial charge in [-0.2, -0.15) is 0 Å². The van der Waals surface area contributed by atoms with Crippen LogP contribution in [0, 0.1) is 23.7 Å². The van der Waals surface area contributed by atoms with E-state index in [0.29, 0.717) is 5.69 Å². The summed E-state index contributed by atoms with van der Waals surface area (Å²) >= 11 is 0. The van der Waals surface area contributed by atoms with Gasteiger partial charge >= 0.3 is 0 Å². The van der Waals surface area contributed by atoms with Gasteiger partial charge in [0.1, 0.15) is 5.75 Å². The fraction of sp³-hybridized carbons (Fsp3) is 0.364. The Morgan fingerprint density at radius 2 is 1.50 bits per heavy atom. The van der Waals surface area contributed by atoms with Crippen molar-refractivity contribution in [3.05, 3.63) is 60.2 Å². The van der Waals surface area contributed by atoms with Gasteiger partial charge < -0.3 is 5.11 Å². The minimum absolute atomic E-state index is 0.100. The van der Waals surface area contributed by atoms with Crippen LogP contribution in [0.2, 0.25) is 0 Å². The van der Waals surface area contributed by atoms with Gasteiger partial charge in [0.05, 0.1) is 17.5 Å². The number of nitrogens with zero attached hydrogens (tertiary/aromatic N) is 1. The number of hydrogen-bond acceptors (Lipinski definition) is 3. The highest BCUT2D eigenvalue weighted by molar-refractivity contribution is 6.22. The van der Waals surface area contributed by atoms with Crippen LogP contribution < -0.4 is 4.90 Å². The van der Waals surface area contributed by atoms with Crippen LogP contribution in [-0.2, 0) is 9.59 Å². The molecule has 2 amide bonds. The molecule has 2 aromatic carbocycles. The molecule has 4 nitrogen and oxygen atoms in total. The van der Waals surface area contributed by atoms with E-state index in [2.05, 4.69) is 26.0 Å². The van der Waals surface area contributed by atoms with E-state index in [1.54, 1.807) is 12.1 Å². The molecule has 2 aliphatic rings. The number of amides is 2. The Hall–Kier alpha value is -2.62. The molecule has 1 N–H and O–H groups in total. The largest absolute Gasteiger partial charge is 0.508 e. The molecule has 1 aliphatic carbocycles. The Labute approximate surface area is 153 Å². The van der Waals surface area contributed by atoms with Gasteiger partial charge in [0.15, 0.2) is 0 Å². The average Bonchev–Trinajstić information content (AvgIpc) is 2.91.